The quantitative estimate of drug-likeness (QED) is 0.759. The molecular weight excluding hydrogens is 411 g/mol. The van der Waals surface area contributed by atoms with E-state index in [4.69, 9.17) is 19.7 Å². The molecule has 0 radical (unpaired) electrons. The van der Waals surface area contributed by atoms with Crippen LogP contribution >= 0.6 is 11.3 Å². The van der Waals surface area contributed by atoms with Crippen molar-refractivity contribution in [2.75, 3.05) is 13.2 Å². The highest BCUT2D eigenvalue weighted by molar-refractivity contribution is 7.08. The summed E-state index contributed by atoms with van der Waals surface area (Å²) in [5, 5.41) is 18.5. The number of aromatic nitrogens is 2. The molecule has 29 heavy (non-hydrogen) atoms. The molecule has 0 aromatic carbocycles. The number of nitrogens with zero attached hydrogens (tertiary/aromatic N) is 2. The number of carboxylic acid groups (broad SMARTS) is 1. The number of thiophene rings is 1. The number of hydrogen-bond acceptors (Lipinski definition) is 5. The van der Waals surface area contributed by atoms with Crippen LogP contribution in [0.25, 0.3) is 0 Å². The third-order valence-corrected chi connectivity index (χ3v) is 5.16. The zero-order valence-corrected chi connectivity index (χ0v) is 16.1. The van der Waals surface area contributed by atoms with E-state index < -0.39 is 12.1 Å². The van der Waals surface area contributed by atoms with Gasteiger partial charge in [-0.1, -0.05) is 0 Å². The fraction of sp³-hybridized carbons (Fsp3) is 0.500. The lowest BCUT2D eigenvalue weighted by Gasteiger charge is -2.22. The van der Waals surface area contributed by atoms with Crippen molar-refractivity contribution in [2.24, 2.45) is 5.92 Å². The normalized spacial score (nSPS) is 18.4. The number of aliphatic carboxylic acids is 1. The maximum atomic E-state index is 12.0. The standard InChI is InChI=1S/C16H19N3O2S.C2HF3O2/c20-16(13-4-6-22-10-13)17-7-14-15-12(3-5-21-14)9-19(18-15)8-11-1-2-11;3-2(4,5)1(6)7/h4,6,9-11,14H,1-3,5,7-8H2,(H,17,20);(H,6,7). The van der Waals surface area contributed by atoms with Gasteiger partial charge in [0.1, 0.15) is 6.10 Å². The van der Waals surface area contributed by atoms with Crippen LogP contribution in [-0.2, 0) is 22.5 Å². The minimum absolute atomic E-state index is 0.0469. The minimum Gasteiger partial charge on any atom is -0.475 e. The molecule has 1 aliphatic carbocycles. The number of fused-ring (bicyclic) bond motifs is 1. The fourth-order valence-corrected chi connectivity index (χ4v) is 3.46. The van der Waals surface area contributed by atoms with Gasteiger partial charge in [-0.3, -0.25) is 9.48 Å². The number of carboxylic acids is 1. The van der Waals surface area contributed by atoms with E-state index in [1.807, 2.05) is 16.8 Å². The van der Waals surface area contributed by atoms with Crippen LogP contribution in [0.4, 0.5) is 13.2 Å². The number of amides is 1. The molecule has 1 unspecified atom stereocenters. The lowest BCUT2D eigenvalue weighted by molar-refractivity contribution is -0.192. The second kappa shape index (κ2) is 8.95. The van der Waals surface area contributed by atoms with Gasteiger partial charge in [-0.2, -0.15) is 29.6 Å². The number of halogens is 3. The lowest BCUT2D eigenvalue weighted by atomic mass is 10.1. The molecule has 0 spiro atoms. The van der Waals surface area contributed by atoms with Crippen LogP contribution in [0.1, 0.15) is 40.6 Å². The van der Waals surface area contributed by atoms with Gasteiger partial charge in [0.25, 0.3) is 5.91 Å². The first-order valence-electron chi connectivity index (χ1n) is 9.02. The number of alkyl halides is 3. The van der Waals surface area contributed by atoms with Crippen LogP contribution < -0.4 is 5.32 Å². The molecule has 4 rings (SSSR count). The molecule has 158 valence electrons. The zero-order chi connectivity index (χ0) is 21.0. The monoisotopic (exact) mass is 431 g/mol. The lowest BCUT2D eigenvalue weighted by Crippen LogP contribution is -2.31. The third-order valence-electron chi connectivity index (χ3n) is 4.48. The Kier molecular flexibility index (Phi) is 6.58. The fourth-order valence-electron chi connectivity index (χ4n) is 2.83. The second-order valence-corrected chi connectivity index (χ2v) is 7.62. The van der Waals surface area contributed by atoms with Crippen LogP contribution in [0.3, 0.4) is 0 Å². The van der Waals surface area contributed by atoms with Gasteiger partial charge < -0.3 is 15.2 Å². The first kappa shape index (κ1) is 21.3. The summed E-state index contributed by atoms with van der Waals surface area (Å²) in [7, 11) is 0. The molecule has 1 fully saturated rings. The van der Waals surface area contributed by atoms with Gasteiger partial charge in [-0.15, -0.1) is 0 Å². The van der Waals surface area contributed by atoms with Gasteiger partial charge in [-0.05, 0) is 42.2 Å². The molecule has 0 bridgehead atoms. The van der Waals surface area contributed by atoms with E-state index in [1.54, 1.807) is 0 Å². The first-order chi connectivity index (χ1) is 13.7. The molecule has 0 saturated heterocycles. The summed E-state index contributed by atoms with van der Waals surface area (Å²) in [6.07, 6.45) is 0.494. The van der Waals surface area contributed by atoms with Gasteiger partial charge in [0.15, 0.2) is 0 Å². The highest BCUT2D eigenvalue weighted by Gasteiger charge is 2.38. The van der Waals surface area contributed by atoms with Crippen LogP contribution in [0.5, 0.6) is 0 Å². The summed E-state index contributed by atoms with van der Waals surface area (Å²) in [5.74, 6) is -2.00. The Balaban J connectivity index is 0.000000298. The first-order valence-corrected chi connectivity index (χ1v) is 9.96. The van der Waals surface area contributed by atoms with Gasteiger partial charge in [0, 0.05) is 30.2 Å². The SMILES string of the molecule is O=C(NCC1OCCc2cn(CC3CC3)nc21)c1ccsc1.O=C(O)C(F)(F)F. The largest absolute Gasteiger partial charge is 0.490 e. The summed E-state index contributed by atoms with van der Waals surface area (Å²) in [4.78, 5) is 20.9. The van der Waals surface area contributed by atoms with Crippen molar-refractivity contribution in [3.05, 3.63) is 39.8 Å². The average molecular weight is 431 g/mol. The molecule has 2 aliphatic rings. The van der Waals surface area contributed by atoms with E-state index >= 15 is 0 Å². The van der Waals surface area contributed by atoms with Crippen molar-refractivity contribution >= 4 is 23.2 Å². The number of rotatable bonds is 5. The Hall–Kier alpha value is -2.40. The van der Waals surface area contributed by atoms with Gasteiger partial charge in [0.2, 0.25) is 0 Å². The minimum atomic E-state index is -5.08. The Labute approximate surface area is 168 Å². The van der Waals surface area contributed by atoms with E-state index in [0.717, 1.165) is 24.6 Å². The van der Waals surface area contributed by atoms with Crippen molar-refractivity contribution in [3.8, 4) is 0 Å². The molecule has 2 N–H and O–H groups in total. The summed E-state index contributed by atoms with van der Waals surface area (Å²) in [6.45, 7) is 2.18. The highest BCUT2D eigenvalue weighted by atomic mass is 32.1. The topological polar surface area (TPSA) is 93.5 Å². The van der Waals surface area contributed by atoms with Gasteiger partial charge in [0.05, 0.1) is 12.3 Å². The molecule has 7 nitrogen and oxygen atoms in total. The van der Waals surface area contributed by atoms with Crippen molar-refractivity contribution in [2.45, 2.75) is 38.1 Å². The molecule has 1 aliphatic heterocycles. The predicted molar refractivity (Wildman–Crippen MR) is 97.7 cm³/mol. The Morgan fingerprint density at radius 3 is 2.69 bits per heavy atom. The van der Waals surface area contributed by atoms with Crippen molar-refractivity contribution in [1.29, 1.82) is 0 Å². The van der Waals surface area contributed by atoms with Crippen LogP contribution in [0.2, 0.25) is 0 Å². The van der Waals surface area contributed by atoms with Crippen LogP contribution in [-0.4, -0.2) is 46.1 Å². The van der Waals surface area contributed by atoms with E-state index in [2.05, 4.69) is 16.2 Å². The Morgan fingerprint density at radius 1 is 1.38 bits per heavy atom. The number of ether oxygens (including phenoxy) is 1. The zero-order valence-electron chi connectivity index (χ0n) is 15.3. The van der Waals surface area contributed by atoms with Crippen LogP contribution in [0, 0.1) is 5.92 Å². The number of carbonyl (C=O) groups excluding carboxylic acids is 1. The molecular formula is C18H20F3N3O4S. The number of hydrogen-bond donors (Lipinski definition) is 2. The second-order valence-electron chi connectivity index (χ2n) is 6.84. The number of carbonyl (C=O) groups is 2. The highest BCUT2D eigenvalue weighted by Crippen LogP contribution is 2.32. The maximum absolute atomic E-state index is 12.0. The molecule has 11 heteroatoms. The van der Waals surface area contributed by atoms with Gasteiger partial charge >= 0.3 is 12.1 Å². The van der Waals surface area contributed by atoms with E-state index in [9.17, 15) is 18.0 Å². The maximum Gasteiger partial charge on any atom is 0.490 e. The summed E-state index contributed by atoms with van der Waals surface area (Å²) < 4.78 is 39.6. The third kappa shape index (κ3) is 6.04. The summed E-state index contributed by atoms with van der Waals surface area (Å²) in [5.41, 5.74) is 2.97. The van der Waals surface area contributed by atoms with Crippen molar-refractivity contribution in [3.63, 3.8) is 0 Å². The molecule has 1 atom stereocenters. The van der Waals surface area contributed by atoms with E-state index in [0.29, 0.717) is 18.7 Å². The molecule has 3 heterocycles. The molecule has 1 saturated carbocycles. The molecule has 2 aromatic heterocycles. The van der Waals surface area contributed by atoms with E-state index in [-0.39, 0.29) is 12.0 Å². The average Bonchev–Trinajstić information content (AvgIpc) is 3.14. The number of nitrogens with one attached hydrogen (secondary N) is 1. The summed E-state index contributed by atoms with van der Waals surface area (Å²) in [6, 6.07) is 1.83. The predicted octanol–water partition coefficient (Wildman–Crippen LogP) is 3.03. The van der Waals surface area contributed by atoms with Crippen molar-refractivity contribution in [1.82, 2.24) is 15.1 Å². The Morgan fingerprint density at radius 2 is 2.10 bits per heavy atom. The van der Waals surface area contributed by atoms with Crippen LogP contribution in [0.15, 0.2) is 23.0 Å². The van der Waals surface area contributed by atoms with E-state index in [1.165, 1.54) is 29.7 Å². The molecule has 1 amide bonds. The smallest absolute Gasteiger partial charge is 0.475 e. The Bertz CT molecular complexity index is 847. The molecule has 2 aromatic rings. The van der Waals surface area contributed by atoms with Gasteiger partial charge in [-0.25, -0.2) is 4.79 Å². The van der Waals surface area contributed by atoms with Crippen molar-refractivity contribution < 1.29 is 32.6 Å². The summed E-state index contributed by atoms with van der Waals surface area (Å²) >= 11 is 1.53.